The van der Waals surface area contributed by atoms with Crippen molar-refractivity contribution in [1.29, 1.82) is 0 Å². The first-order valence-corrected chi connectivity index (χ1v) is 7.12. The van der Waals surface area contributed by atoms with E-state index >= 15 is 0 Å². The maximum Gasteiger partial charge on any atom is 0.446 e. The summed E-state index contributed by atoms with van der Waals surface area (Å²) in [6, 6.07) is 5.62. The summed E-state index contributed by atoms with van der Waals surface area (Å²) in [4.78, 5) is 0.0662. The maximum absolute atomic E-state index is 12.1. The number of rotatable bonds is 5. The molecule has 0 spiro atoms. The molecule has 1 rings (SSSR count). The van der Waals surface area contributed by atoms with Gasteiger partial charge in [0.05, 0.1) is 6.42 Å². The summed E-state index contributed by atoms with van der Waals surface area (Å²) in [5.74, 6) is 0.301. The van der Waals surface area contributed by atoms with Crippen LogP contribution in [0.3, 0.4) is 0 Å². The molecular formula is C11H10F6S2. The van der Waals surface area contributed by atoms with Crippen molar-refractivity contribution in [1.82, 2.24) is 0 Å². The minimum atomic E-state index is -4.33. The Morgan fingerprint density at radius 3 is 1.95 bits per heavy atom. The van der Waals surface area contributed by atoms with E-state index in [-0.39, 0.29) is 22.4 Å². The van der Waals surface area contributed by atoms with Gasteiger partial charge in [-0.25, -0.2) is 0 Å². The van der Waals surface area contributed by atoms with Gasteiger partial charge in [-0.05, 0) is 29.5 Å². The van der Waals surface area contributed by atoms with Crippen LogP contribution in [0.1, 0.15) is 12.0 Å². The second kappa shape index (κ2) is 6.78. The van der Waals surface area contributed by atoms with Crippen molar-refractivity contribution in [2.24, 2.45) is 0 Å². The van der Waals surface area contributed by atoms with Gasteiger partial charge in [-0.2, -0.15) is 38.1 Å². The Hall–Kier alpha value is -0.500. The predicted octanol–water partition coefficient (Wildman–Crippen LogP) is 5.48. The van der Waals surface area contributed by atoms with Crippen LogP contribution in [0.25, 0.3) is 0 Å². The first kappa shape index (κ1) is 16.6. The van der Waals surface area contributed by atoms with E-state index in [1.807, 2.05) is 0 Å². The van der Waals surface area contributed by atoms with Crippen LogP contribution in [0, 0.1) is 0 Å². The Morgan fingerprint density at radius 1 is 0.895 bits per heavy atom. The molecule has 0 radical (unpaired) electrons. The lowest BCUT2D eigenvalue weighted by Crippen LogP contribution is -2.08. The van der Waals surface area contributed by atoms with Crippen LogP contribution in [0.15, 0.2) is 29.2 Å². The van der Waals surface area contributed by atoms with Crippen LogP contribution in [0.2, 0.25) is 0 Å². The first-order chi connectivity index (χ1) is 8.66. The monoisotopic (exact) mass is 320 g/mol. The summed E-state index contributed by atoms with van der Waals surface area (Å²) in [6.07, 6.45) is -5.03. The number of hydrogen-bond donors (Lipinski definition) is 0. The molecule has 0 amide bonds. The number of hydrogen-bond acceptors (Lipinski definition) is 2. The maximum atomic E-state index is 12.1. The van der Waals surface area contributed by atoms with Crippen LogP contribution in [0.4, 0.5) is 26.3 Å². The van der Waals surface area contributed by atoms with Crippen LogP contribution >= 0.6 is 23.5 Å². The first-order valence-electron chi connectivity index (χ1n) is 5.15. The summed E-state index contributed by atoms with van der Waals surface area (Å²) in [7, 11) is 0. The second-order valence-corrected chi connectivity index (χ2v) is 5.85. The summed E-state index contributed by atoms with van der Waals surface area (Å²) < 4.78 is 71.8. The Morgan fingerprint density at radius 2 is 1.47 bits per heavy atom. The molecule has 0 fully saturated rings. The third-order valence-electron chi connectivity index (χ3n) is 1.96. The fourth-order valence-corrected chi connectivity index (χ4v) is 2.65. The van der Waals surface area contributed by atoms with Gasteiger partial charge in [0, 0.05) is 16.4 Å². The van der Waals surface area contributed by atoms with E-state index in [1.54, 1.807) is 0 Å². The second-order valence-electron chi connectivity index (χ2n) is 3.61. The highest BCUT2D eigenvalue weighted by Gasteiger charge is 2.29. The van der Waals surface area contributed by atoms with Crippen molar-refractivity contribution in [2.75, 3.05) is 5.75 Å². The Bertz CT molecular complexity index is 382. The van der Waals surface area contributed by atoms with Crippen LogP contribution in [-0.4, -0.2) is 17.4 Å². The quantitative estimate of drug-likeness (QED) is 0.400. The molecule has 0 saturated heterocycles. The van der Waals surface area contributed by atoms with Crippen molar-refractivity contribution in [3.05, 3.63) is 29.8 Å². The van der Waals surface area contributed by atoms with Gasteiger partial charge in [-0.1, -0.05) is 12.1 Å². The molecule has 8 heteroatoms. The topological polar surface area (TPSA) is 0 Å². The van der Waals surface area contributed by atoms with Gasteiger partial charge >= 0.3 is 11.7 Å². The van der Waals surface area contributed by atoms with E-state index in [9.17, 15) is 26.3 Å². The largest absolute Gasteiger partial charge is 0.446 e. The average molecular weight is 320 g/mol. The predicted molar refractivity (Wildman–Crippen MR) is 65.2 cm³/mol. The number of benzene rings is 1. The molecule has 0 atom stereocenters. The average Bonchev–Trinajstić information content (AvgIpc) is 2.23. The van der Waals surface area contributed by atoms with Crippen molar-refractivity contribution in [3.63, 3.8) is 0 Å². The number of thioether (sulfide) groups is 2. The molecule has 0 aromatic heterocycles. The Balaban J connectivity index is 2.36. The Labute approximate surface area is 114 Å². The van der Waals surface area contributed by atoms with Gasteiger partial charge in [0.15, 0.2) is 0 Å². The van der Waals surface area contributed by atoms with E-state index in [1.165, 1.54) is 24.3 Å². The zero-order valence-electron chi connectivity index (χ0n) is 9.52. The third-order valence-corrected chi connectivity index (χ3v) is 3.73. The number of halogens is 6. The van der Waals surface area contributed by atoms with E-state index in [4.69, 9.17) is 0 Å². The molecule has 0 aliphatic carbocycles. The van der Waals surface area contributed by atoms with Crippen LogP contribution < -0.4 is 0 Å². The van der Waals surface area contributed by atoms with E-state index in [2.05, 4.69) is 0 Å². The highest BCUT2D eigenvalue weighted by Crippen LogP contribution is 2.36. The SMILES string of the molecule is FC(F)(F)CCSCc1ccc(SC(F)(F)F)cc1. The fraction of sp³-hybridized carbons (Fsp3) is 0.455. The lowest BCUT2D eigenvalue weighted by Gasteiger charge is -2.07. The molecule has 108 valence electrons. The molecule has 19 heavy (non-hydrogen) atoms. The highest BCUT2D eigenvalue weighted by atomic mass is 32.2. The van der Waals surface area contributed by atoms with Gasteiger partial charge in [0.1, 0.15) is 0 Å². The van der Waals surface area contributed by atoms with Crippen LogP contribution in [-0.2, 0) is 5.75 Å². The lowest BCUT2D eigenvalue weighted by molar-refractivity contribution is -0.129. The van der Waals surface area contributed by atoms with Crippen molar-refractivity contribution < 1.29 is 26.3 Å². The minimum Gasteiger partial charge on any atom is -0.171 e. The highest BCUT2D eigenvalue weighted by molar-refractivity contribution is 8.00. The summed E-state index contributed by atoms with van der Waals surface area (Å²) >= 11 is 0.889. The van der Waals surface area contributed by atoms with Crippen molar-refractivity contribution in [3.8, 4) is 0 Å². The molecule has 0 nitrogen and oxygen atoms in total. The van der Waals surface area contributed by atoms with Gasteiger partial charge in [0.2, 0.25) is 0 Å². The van der Waals surface area contributed by atoms with Crippen molar-refractivity contribution >= 4 is 23.5 Å². The molecule has 0 bridgehead atoms. The molecule has 0 aliphatic heterocycles. The molecular weight excluding hydrogens is 310 g/mol. The normalized spacial score (nSPS) is 12.7. The van der Waals surface area contributed by atoms with E-state index < -0.39 is 18.1 Å². The standard InChI is InChI=1S/C11H10F6S2/c12-10(13,14)5-6-18-7-8-1-3-9(4-2-8)19-11(15,16)17/h1-4H,5-7H2. The zero-order chi connectivity index (χ0) is 14.5. The van der Waals surface area contributed by atoms with E-state index in [0.29, 0.717) is 11.3 Å². The van der Waals surface area contributed by atoms with Gasteiger partial charge < -0.3 is 0 Å². The Kier molecular flexibility index (Phi) is 5.91. The molecule has 1 aromatic rings. The smallest absolute Gasteiger partial charge is 0.171 e. The molecule has 0 N–H and O–H groups in total. The fourth-order valence-electron chi connectivity index (χ4n) is 1.17. The third kappa shape index (κ3) is 8.30. The van der Waals surface area contributed by atoms with Crippen molar-refractivity contribution in [2.45, 2.75) is 28.8 Å². The molecule has 0 unspecified atom stereocenters. The van der Waals surface area contributed by atoms with E-state index in [0.717, 1.165) is 11.8 Å². The molecule has 0 aliphatic rings. The van der Waals surface area contributed by atoms with Gasteiger partial charge in [-0.15, -0.1) is 0 Å². The van der Waals surface area contributed by atoms with Gasteiger partial charge in [0.25, 0.3) is 0 Å². The number of alkyl halides is 6. The minimum absolute atomic E-state index is 0.0530. The zero-order valence-corrected chi connectivity index (χ0v) is 11.1. The van der Waals surface area contributed by atoms with Crippen LogP contribution in [0.5, 0.6) is 0 Å². The summed E-state index contributed by atoms with van der Waals surface area (Å²) in [5, 5.41) is 0. The summed E-state index contributed by atoms with van der Waals surface area (Å²) in [6.45, 7) is 0. The summed E-state index contributed by atoms with van der Waals surface area (Å²) in [5.41, 5.74) is -3.62. The molecule has 0 heterocycles. The lowest BCUT2D eigenvalue weighted by atomic mass is 10.2. The van der Waals surface area contributed by atoms with Gasteiger partial charge in [-0.3, -0.25) is 0 Å². The molecule has 0 saturated carbocycles. The molecule has 1 aromatic carbocycles.